The number of urea groups is 1. The Hall–Kier alpha value is -3.54. The summed E-state index contributed by atoms with van der Waals surface area (Å²) in [5.41, 5.74) is 1.47. The highest BCUT2D eigenvalue weighted by Crippen LogP contribution is 2.35. The molecule has 0 bridgehead atoms. The molecular formula is C22H19ClN4O4. The zero-order valence-corrected chi connectivity index (χ0v) is 17.4. The number of hydrogen-bond acceptors (Lipinski definition) is 6. The number of nitrogens with one attached hydrogen (secondary N) is 2. The number of fused-ring (bicyclic) bond motifs is 1. The molecule has 31 heavy (non-hydrogen) atoms. The minimum absolute atomic E-state index is 0.0834. The lowest BCUT2D eigenvalue weighted by Crippen LogP contribution is -2.28. The quantitative estimate of drug-likeness (QED) is 0.527. The number of carbonyl (C=O) groups excluding carboxylic acids is 1. The van der Waals surface area contributed by atoms with Crippen LogP contribution in [0.3, 0.4) is 0 Å². The number of epoxide rings is 1. The van der Waals surface area contributed by atoms with E-state index in [4.69, 9.17) is 25.8 Å². The minimum atomic E-state index is -0.339. The smallest absolute Gasteiger partial charge is 0.319 e. The Balaban J connectivity index is 1.58. The molecule has 0 spiro atoms. The summed E-state index contributed by atoms with van der Waals surface area (Å²) in [6.45, 7) is 3.40. The van der Waals surface area contributed by atoms with Crippen LogP contribution in [0.4, 0.5) is 10.5 Å². The van der Waals surface area contributed by atoms with E-state index in [9.17, 15) is 10.1 Å². The topological polar surface area (TPSA) is 109 Å². The summed E-state index contributed by atoms with van der Waals surface area (Å²) in [7, 11) is 0. The van der Waals surface area contributed by atoms with Crippen LogP contribution in [0.2, 0.25) is 5.02 Å². The van der Waals surface area contributed by atoms with E-state index in [1.165, 1.54) is 0 Å². The molecule has 2 amide bonds. The van der Waals surface area contributed by atoms with E-state index in [-0.39, 0.29) is 12.1 Å². The molecule has 1 atom stereocenters. The first-order valence-corrected chi connectivity index (χ1v) is 10.0. The first kappa shape index (κ1) is 20.7. The molecule has 9 heteroatoms. The van der Waals surface area contributed by atoms with Crippen molar-refractivity contribution in [3.05, 3.63) is 53.2 Å². The van der Waals surface area contributed by atoms with Gasteiger partial charge < -0.3 is 24.8 Å². The van der Waals surface area contributed by atoms with Crippen molar-refractivity contribution in [2.45, 2.75) is 13.0 Å². The predicted molar refractivity (Wildman–Crippen MR) is 116 cm³/mol. The van der Waals surface area contributed by atoms with Crippen LogP contribution >= 0.6 is 11.6 Å². The second-order valence-electron chi connectivity index (χ2n) is 6.78. The maximum Gasteiger partial charge on any atom is 0.319 e. The lowest BCUT2D eigenvalue weighted by Gasteiger charge is -2.13. The van der Waals surface area contributed by atoms with Gasteiger partial charge in [0.15, 0.2) is 0 Å². The second-order valence-corrected chi connectivity index (χ2v) is 7.19. The maximum atomic E-state index is 11.7. The number of aromatic nitrogens is 1. The summed E-state index contributed by atoms with van der Waals surface area (Å²) in [4.78, 5) is 16.1. The molecule has 0 saturated carbocycles. The highest BCUT2D eigenvalue weighted by molar-refractivity contribution is 6.33. The van der Waals surface area contributed by atoms with Gasteiger partial charge in [-0.1, -0.05) is 11.6 Å². The summed E-state index contributed by atoms with van der Waals surface area (Å²) in [5, 5.41) is 15.8. The molecule has 2 N–H and O–H groups in total. The first-order valence-electron chi connectivity index (χ1n) is 9.67. The number of hydrogen-bond donors (Lipinski definition) is 2. The molecule has 1 aromatic heterocycles. The van der Waals surface area contributed by atoms with Crippen LogP contribution in [-0.4, -0.2) is 36.9 Å². The summed E-state index contributed by atoms with van der Waals surface area (Å²) in [6, 6.07) is 11.9. The number of carbonyl (C=O) groups is 1. The highest BCUT2D eigenvalue weighted by Gasteiger charge is 2.24. The second kappa shape index (κ2) is 9.08. The van der Waals surface area contributed by atoms with Gasteiger partial charge in [-0.25, -0.2) is 4.79 Å². The number of anilines is 1. The average Bonchev–Trinajstić information content (AvgIpc) is 3.58. The van der Waals surface area contributed by atoms with Gasteiger partial charge in [0.1, 0.15) is 36.0 Å². The van der Waals surface area contributed by atoms with Crippen LogP contribution in [0, 0.1) is 11.3 Å². The Bertz CT molecular complexity index is 1170. The van der Waals surface area contributed by atoms with Crippen molar-refractivity contribution in [3.63, 3.8) is 0 Å². The fourth-order valence-corrected chi connectivity index (χ4v) is 3.12. The number of ether oxygens (including phenoxy) is 3. The largest absolute Gasteiger partial charge is 0.489 e. The third-order valence-corrected chi connectivity index (χ3v) is 4.82. The van der Waals surface area contributed by atoms with Crippen LogP contribution in [0.15, 0.2) is 42.6 Å². The molecule has 0 aliphatic carbocycles. The third-order valence-electron chi connectivity index (χ3n) is 4.50. The normalized spacial score (nSPS) is 14.5. The van der Waals surface area contributed by atoms with Crippen LogP contribution in [-0.2, 0) is 4.74 Å². The van der Waals surface area contributed by atoms with Gasteiger partial charge in [0.2, 0.25) is 0 Å². The van der Waals surface area contributed by atoms with Gasteiger partial charge in [-0.2, -0.15) is 5.26 Å². The third kappa shape index (κ3) is 4.97. The van der Waals surface area contributed by atoms with Crippen molar-refractivity contribution in [1.29, 1.82) is 5.26 Å². The van der Waals surface area contributed by atoms with E-state index in [1.807, 2.05) is 6.92 Å². The molecular weight excluding hydrogens is 420 g/mol. The van der Waals surface area contributed by atoms with Crippen molar-refractivity contribution >= 4 is 34.2 Å². The number of halogens is 1. The van der Waals surface area contributed by atoms with Gasteiger partial charge in [0.05, 0.1) is 28.4 Å². The molecule has 3 aromatic rings. The van der Waals surface area contributed by atoms with E-state index in [0.717, 1.165) is 0 Å². The van der Waals surface area contributed by atoms with E-state index < -0.39 is 0 Å². The van der Waals surface area contributed by atoms with Crippen LogP contribution in [0.5, 0.6) is 17.2 Å². The van der Waals surface area contributed by atoms with Crippen molar-refractivity contribution in [1.82, 2.24) is 10.3 Å². The van der Waals surface area contributed by atoms with E-state index in [1.54, 1.807) is 42.6 Å². The lowest BCUT2D eigenvalue weighted by atomic mass is 10.1. The zero-order valence-electron chi connectivity index (χ0n) is 16.6. The number of rotatable bonds is 7. The summed E-state index contributed by atoms with van der Waals surface area (Å²) in [5.74, 6) is 1.45. The van der Waals surface area contributed by atoms with Crippen LogP contribution < -0.4 is 20.1 Å². The van der Waals surface area contributed by atoms with Crippen molar-refractivity contribution in [3.8, 4) is 23.3 Å². The van der Waals surface area contributed by atoms with Gasteiger partial charge in [-0.05, 0) is 31.2 Å². The number of amides is 2. The van der Waals surface area contributed by atoms with E-state index in [2.05, 4.69) is 21.7 Å². The van der Waals surface area contributed by atoms with Crippen molar-refractivity contribution in [2.75, 3.05) is 25.1 Å². The van der Waals surface area contributed by atoms with Gasteiger partial charge in [0.25, 0.3) is 0 Å². The minimum Gasteiger partial charge on any atom is -0.489 e. The summed E-state index contributed by atoms with van der Waals surface area (Å²) < 4.78 is 16.9. The van der Waals surface area contributed by atoms with Crippen molar-refractivity contribution in [2.24, 2.45) is 0 Å². The molecule has 1 fully saturated rings. The first-order chi connectivity index (χ1) is 15.1. The Morgan fingerprint density at radius 3 is 2.87 bits per heavy atom. The Labute approximate surface area is 183 Å². The maximum absolute atomic E-state index is 11.7. The van der Waals surface area contributed by atoms with Crippen LogP contribution in [0.1, 0.15) is 12.5 Å². The Morgan fingerprint density at radius 1 is 1.32 bits per heavy atom. The van der Waals surface area contributed by atoms with Gasteiger partial charge in [-0.15, -0.1) is 0 Å². The predicted octanol–water partition coefficient (Wildman–Crippen LogP) is 4.47. The molecule has 1 unspecified atom stereocenters. The molecule has 1 saturated heterocycles. The Kier molecular flexibility index (Phi) is 6.07. The number of nitriles is 1. The molecule has 158 valence electrons. The molecule has 8 nitrogen and oxygen atoms in total. The summed E-state index contributed by atoms with van der Waals surface area (Å²) >= 11 is 6.29. The monoisotopic (exact) mass is 438 g/mol. The van der Waals surface area contributed by atoms with Crippen molar-refractivity contribution < 1.29 is 19.0 Å². The fraction of sp³-hybridized carbons (Fsp3) is 0.227. The number of nitrogens with zero attached hydrogens (tertiary/aromatic N) is 2. The van der Waals surface area contributed by atoms with Crippen LogP contribution in [0.25, 0.3) is 10.9 Å². The molecule has 0 radical (unpaired) electrons. The van der Waals surface area contributed by atoms with E-state index >= 15 is 0 Å². The Morgan fingerprint density at radius 2 is 2.16 bits per heavy atom. The molecule has 4 rings (SSSR count). The van der Waals surface area contributed by atoms with Gasteiger partial charge in [0, 0.05) is 30.3 Å². The lowest BCUT2D eigenvalue weighted by molar-refractivity contribution is 0.252. The number of benzene rings is 2. The molecule has 1 aliphatic heterocycles. The standard InChI is InChI=1S/C22H19ClN4O4/c1-2-25-22(28)27-18-4-3-14(8-17(18)23)31-20-5-6-26-19-9-21(30-12-15-11-29-15)13(10-24)7-16(19)20/h3-9,15H,2,11-12H2,1H3,(H2,25,27,28). The number of pyridine rings is 1. The van der Waals surface area contributed by atoms with E-state index in [0.29, 0.717) is 64.2 Å². The fourth-order valence-electron chi connectivity index (χ4n) is 2.91. The van der Waals surface area contributed by atoms with Gasteiger partial charge in [-0.3, -0.25) is 4.98 Å². The average molecular weight is 439 g/mol. The molecule has 2 heterocycles. The summed E-state index contributed by atoms with van der Waals surface area (Å²) in [6.07, 6.45) is 1.70. The molecule has 1 aliphatic rings. The van der Waals surface area contributed by atoms with Gasteiger partial charge >= 0.3 is 6.03 Å². The molecule has 2 aromatic carbocycles. The highest BCUT2D eigenvalue weighted by atomic mass is 35.5. The SMILES string of the molecule is CCNC(=O)Nc1ccc(Oc2ccnc3cc(OCC4CO4)c(C#N)cc23)cc1Cl. The zero-order chi connectivity index (χ0) is 21.8.